The minimum Gasteiger partial charge on any atom is -0.455 e. The molecule has 0 aliphatic heterocycles. The van der Waals surface area contributed by atoms with Gasteiger partial charge in [0.1, 0.15) is 6.10 Å². The number of hydrazine groups is 1. The summed E-state index contributed by atoms with van der Waals surface area (Å²) in [7, 11) is 3.67. The van der Waals surface area contributed by atoms with E-state index in [0.717, 1.165) is 5.56 Å². The van der Waals surface area contributed by atoms with Gasteiger partial charge in [0.25, 0.3) is 0 Å². The van der Waals surface area contributed by atoms with Crippen LogP contribution in [0.4, 0.5) is 11.9 Å². The topological polar surface area (TPSA) is 89.2 Å². The predicted octanol–water partition coefficient (Wildman–Crippen LogP) is 1.36. The lowest BCUT2D eigenvalue weighted by Crippen LogP contribution is -2.18. The van der Waals surface area contributed by atoms with E-state index >= 15 is 0 Å². The molecule has 106 valence electrons. The molecule has 7 nitrogen and oxygen atoms in total. The Balaban J connectivity index is 2.22. The van der Waals surface area contributed by atoms with Gasteiger partial charge in [-0.3, -0.25) is 5.43 Å². The fraction of sp³-hybridized carbons (Fsp3) is 0.308. The zero-order chi connectivity index (χ0) is 14.5. The van der Waals surface area contributed by atoms with Crippen molar-refractivity contribution in [2.45, 2.75) is 13.0 Å². The Morgan fingerprint density at radius 1 is 1.15 bits per heavy atom. The number of nitrogens with two attached hydrogens (primary N) is 1. The maximum absolute atomic E-state index is 5.75. The molecule has 1 aromatic carbocycles. The van der Waals surface area contributed by atoms with E-state index in [1.54, 1.807) is 4.90 Å². The number of nitrogens with one attached hydrogen (secondary N) is 1. The molecular formula is C13H18N6O. The van der Waals surface area contributed by atoms with Crippen molar-refractivity contribution in [1.82, 2.24) is 15.0 Å². The molecule has 0 radical (unpaired) electrons. The number of rotatable bonds is 5. The molecule has 0 spiro atoms. The van der Waals surface area contributed by atoms with Gasteiger partial charge in [-0.25, -0.2) is 5.84 Å². The number of nitrogen functional groups attached to an aromatic ring is 1. The Hall–Kier alpha value is -2.41. The third-order valence-corrected chi connectivity index (χ3v) is 2.68. The quantitative estimate of drug-likeness (QED) is 0.628. The largest absolute Gasteiger partial charge is 0.455 e. The minimum absolute atomic E-state index is 0.167. The maximum atomic E-state index is 5.75. The first-order valence-corrected chi connectivity index (χ1v) is 6.21. The van der Waals surface area contributed by atoms with Crippen LogP contribution in [-0.4, -0.2) is 29.0 Å². The molecule has 0 amide bonds. The van der Waals surface area contributed by atoms with Crippen molar-refractivity contribution >= 4 is 11.9 Å². The molecule has 7 heteroatoms. The molecule has 2 rings (SSSR count). The van der Waals surface area contributed by atoms with Crippen LogP contribution < -0.4 is 20.9 Å². The van der Waals surface area contributed by atoms with Crippen molar-refractivity contribution in [1.29, 1.82) is 0 Å². The van der Waals surface area contributed by atoms with E-state index in [0.29, 0.717) is 5.95 Å². The zero-order valence-corrected chi connectivity index (χ0v) is 11.7. The summed E-state index contributed by atoms with van der Waals surface area (Å²) in [5.74, 6) is 6.09. The Labute approximate surface area is 117 Å². The molecule has 0 aliphatic carbocycles. The van der Waals surface area contributed by atoms with E-state index in [1.165, 1.54) is 0 Å². The van der Waals surface area contributed by atoms with E-state index < -0.39 is 0 Å². The second-order valence-electron chi connectivity index (χ2n) is 4.45. The molecule has 2 aromatic rings. The third-order valence-electron chi connectivity index (χ3n) is 2.68. The van der Waals surface area contributed by atoms with Crippen molar-refractivity contribution in [2.24, 2.45) is 5.84 Å². The summed E-state index contributed by atoms with van der Waals surface area (Å²) in [6.07, 6.45) is -0.167. The van der Waals surface area contributed by atoms with Gasteiger partial charge in [0, 0.05) is 14.1 Å². The van der Waals surface area contributed by atoms with Gasteiger partial charge in [0.15, 0.2) is 0 Å². The number of nitrogens with zero attached hydrogens (tertiary/aromatic N) is 4. The van der Waals surface area contributed by atoms with Crippen molar-refractivity contribution in [2.75, 3.05) is 24.4 Å². The predicted molar refractivity (Wildman–Crippen MR) is 77.4 cm³/mol. The van der Waals surface area contributed by atoms with Gasteiger partial charge in [-0.2, -0.15) is 15.0 Å². The van der Waals surface area contributed by atoms with Gasteiger partial charge in [-0.15, -0.1) is 0 Å². The summed E-state index contributed by atoms with van der Waals surface area (Å²) in [6.45, 7) is 1.93. The molecule has 1 unspecified atom stereocenters. The van der Waals surface area contributed by atoms with E-state index in [1.807, 2.05) is 51.4 Å². The van der Waals surface area contributed by atoms with Gasteiger partial charge in [0.05, 0.1) is 0 Å². The Morgan fingerprint density at radius 3 is 2.45 bits per heavy atom. The average molecular weight is 274 g/mol. The first-order valence-electron chi connectivity index (χ1n) is 6.21. The average Bonchev–Trinajstić information content (AvgIpc) is 2.47. The maximum Gasteiger partial charge on any atom is 0.323 e. The number of benzene rings is 1. The van der Waals surface area contributed by atoms with Crippen LogP contribution in [0.25, 0.3) is 0 Å². The lowest BCUT2D eigenvalue weighted by atomic mass is 10.1. The number of aromatic nitrogens is 3. The molecular weight excluding hydrogens is 256 g/mol. The molecule has 0 saturated carbocycles. The number of hydrogen-bond acceptors (Lipinski definition) is 7. The van der Waals surface area contributed by atoms with E-state index in [2.05, 4.69) is 20.4 Å². The smallest absolute Gasteiger partial charge is 0.323 e. The standard InChI is InChI=1S/C13H18N6O/c1-9(10-7-5-4-6-8-10)20-13-16-11(18-14)15-12(17-13)19(2)3/h4-9H,14H2,1-3H3,(H,15,16,17,18). The lowest BCUT2D eigenvalue weighted by Gasteiger charge is -2.16. The lowest BCUT2D eigenvalue weighted by molar-refractivity contribution is 0.207. The van der Waals surface area contributed by atoms with E-state index in [4.69, 9.17) is 10.6 Å². The summed E-state index contributed by atoms with van der Waals surface area (Å²) in [5, 5.41) is 0. The molecule has 1 atom stereocenters. The highest BCUT2D eigenvalue weighted by Crippen LogP contribution is 2.20. The summed E-state index contributed by atoms with van der Waals surface area (Å²) in [6, 6.07) is 10.1. The Kier molecular flexibility index (Phi) is 4.31. The first kappa shape index (κ1) is 14.0. The molecule has 0 bridgehead atoms. The molecule has 20 heavy (non-hydrogen) atoms. The Morgan fingerprint density at radius 2 is 1.85 bits per heavy atom. The first-order chi connectivity index (χ1) is 9.60. The number of anilines is 2. The van der Waals surface area contributed by atoms with Crippen molar-refractivity contribution in [3.63, 3.8) is 0 Å². The monoisotopic (exact) mass is 274 g/mol. The third kappa shape index (κ3) is 3.33. The fourth-order valence-corrected chi connectivity index (χ4v) is 1.61. The Bertz CT molecular complexity index is 560. The highest BCUT2D eigenvalue weighted by molar-refractivity contribution is 5.36. The van der Waals surface area contributed by atoms with Crippen LogP contribution in [0.5, 0.6) is 6.01 Å². The van der Waals surface area contributed by atoms with Crippen LogP contribution >= 0.6 is 0 Å². The summed E-state index contributed by atoms with van der Waals surface area (Å²) < 4.78 is 5.75. The van der Waals surface area contributed by atoms with E-state index in [9.17, 15) is 0 Å². The molecule has 0 saturated heterocycles. The summed E-state index contributed by atoms with van der Waals surface area (Å²) in [4.78, 5) is 14.2. The van der Waals surface area contributed by atoms with Crippen LogP contribution in [0.3, 0.4) is 0 Å². The van der Waals surface area contributed by atoms with Gasteiger partial charge in [-0.1, -0.05) is 30.3 Å². The van der Waals surface area contributed by atoms with Gasteiger partial charge < -0.3 is 9.64 Å². The van der Waals surface area contributed by atoms with Crippen LogP contribution in [0.2, 0.25) is 0 Å². The van der Waals surface area contributed by atoms with Crippen LogP contribution in [0, 0.1) is 0 Å². The van der Waals surface area contributed by atoms with Gasteiger partial charge in [0.2, 0.25) is 11.9 Å². The highest BCUT2D eigenvalue weighted by Gasteiger charge is 2.12. The second-order valence-corrected chi connectivity index (χ2v) is 4.45. The number of hydrogen-bond donors (Lipinski definition) is 2. The van der Waals surface area contributed by atoms with Gasteiger partial charge in [-0.05, 0) is 12.5 Å². The second kappa shape index (κ2) is 6.16. The molecule has 1 aromatic heterocycles. The SMILES string of the molecule is CC(Oc1nc(NN)nc(N(C)C)n1)c1ccccc1. The molecule has 1 heterocycles. The van der Waals surface area contributed by atoms with E-state index in [-0.39, 0.29) is 18.1 Å². The zero-order valence-electron chi connectivity index (χ0n) is 11.7. The molecule has 3 N–H and O–H groups in total. The van der Waals surface area contributed by atoms with Crippen LogP contribution in [0.15, 0.2) is 30.3 Å². The summed E-state index contributed by atoms with van der Waals surface area (Å²) in [5.41, 5.74) is 3.45. The highest BCUT2D eigenvalue weighted by atomic mass is 16.5. The van der Waals surface area contributed by atoms with Crippen molar-refractivity contribution in [3.8, 4) is 6.01 Å². The van der Waals surface area contributed by atoms with Crippen LogP contribution in [-0.2, 0) is 0 Å². The normalized spacial score (nSPS) is 11.8. The molecule has 0 fully saturated rings. The van der Waals surface area contributed by atoms with Crippen molar-refractivity contribution < 1.29 is 4.74 Å². The van der Waals surface area contributed by atoms with Gasteiger partial charge >= 0.3 is 6.01 Å². The fourth-order valence-electron chi connectivity index (χ4n) is 1.61. The van der Waals surface area contributed by atoms with Crippen molar-refractivity contribution in [3.05, 3.63) is 35.9 Å². The number of ether oxygens (including phenoxy) is 1. The van der Waals surface area contributed by atoms with Crippen LogP contribution in [0.1, 0.15) is 18.6 Å². The summed E-state index contributed by atoms with van der Waals surface area (Å²) >= 11 is 0. The minimum atomic E-state index is -0.167. The molecule has 0 aliphatic rings.